The zero-order valence-electron chi connectivity index (χ0n) is 22.1. The molecular weight excluding hydrogens is 521 g/mol. The number of rotatable bonds is 9. The second kappa shape index (κ2) is 10.8. The largest absolute Gasteiger partial charge is 0.455 e. The fourth-order valence-corrected chi connectivity index (χ4v) is 5.44. The molecule has 1 aliphatic rings. The Morgan fingerprint density at radius 1 is 1.10 bits per heavy atom. The van der Waals surface area contributed by atoms with Crippen LogP contribution in [0.3, 0.4) is 0 Å². The first-order valence-electron chi connectivity index (χ1n) is 13.1. The Labute approximate surface area is 229 Å². The van der Waals surface area contributed by atoms with E-state index in [9.17, 15) is 22.8 Å². The Morgan fingerprint density at radius 3 is 2.48 bits per heavy atom. The summed E-state index contributed by atoms with van der Waals surface area (Å²) in [6.45, 7) is 1.01. The van der Waals surface area contributed by atoms with Gasteiger partial charge in [0.2, 0.25) is 0 Å². The lowest BCUT2D eigenvalue weighted by Gasteiger charge is -2.45. The second-order valence-corrected chi connectivity index (χ2v) is 10.5. The summed E-state index contributed by atoms with van der Waals surface area (Å²) in [6, 6.07) is 16.4. The number of nitrogens with two attached hydrogens (primary N) is 1. The van der Waals surface area contributed by atoms with Crippen molar-refractivity contribution < 1.29 is 31.9 Å². The van der Waals surface area contributed by atoms with Crippen molar-refractivity contribution in [1.29, 1.82) is 0 Å². The second-order valence-electron chi connectivity index (χ2n) is 10.5. The number of carbonyl (C=O) groups excluding carboxylic acids is 2. The maximum absolute atomic E-state index is 13.5. The molecule has 9 heteroatoms. The Kier molecular flexibility index (Phi) is 7.42. The molecule has 0 bridgehead atoms. The van der Waals surface area contributed by atoms with Crippen LogP contribution in [0.1, 0.15) is 59.4 Å². The topological polar surface area (TPSA) is 94.6 Å². The van der Waals surface area contributed by atoms with Crippen molar-refractivity contribution in [2.45, 2.75) is 57.8 Å². The molecule has 1 saturated carbocycles. The lowest BCUT2D eigenvalue weighted by molar-refractivity contribution is -0.194. The van der Waals surface area contributed by atoms with E-state index in [0.717, 1.165) is 23.1 Å². The smallest absolute Gasteiger partial charge is 0.345 e. The first-order valence-corrected chi connectivity index (χ1v) is 13.1. The van der Waals surface area contributed by atoms with E-state index >= 15 is 0 Å². The molecule has 1 fully saturated rings. The molecule has 1 aliphatic carbocycles. The molecule has 208 valence electrons. The van der Waals surface area contributed by atoms with Gasteiger partial charge in [-0.1, -0.05) is 25.5 Å². The molecule has 40 heavy (non-hydrogen) atoms. The van der Waals surface area contributed by atoms with Crippen LogP contribution in [0.25, 0.3) is 33.4 Å². The highest BCUT2D eigenvalue weighted by molar-refractivity contribution is 6.11. The number of alkyl halides is 2. The molecule has 3 aromatic carbocycles. The molecule has 0 atom stereocenters. The van der Waals surface area contributed by atoms with E-state index in [1.165, 1.54) is 24.3 Å². The number of fused-ring (bicyclic) bond motifs is 1. The van der Waals surface area contributed by atoms with Crippen molar-refractivity contribution in [3.63, 3.8) is 0 Å². The summed E-state index contributed by atoms with van der Waals surface area (Å²) in [4.78, 5) is 25.7. The van der Waals surface area contributed by atoms with Crippen molar-refractivity contribution in [1.82, 2.24) is 5.32 Å². The number of primary amides is 1. The quantitative estimate of drug-likeness (QED) is 0.238. The summed E-state index contributed by atoms with van der Waals surface area (Å²) in [6.07, 6.45) is 1.56. The van der Waals surface area contributed by atoms with E-state index in [2.05, 4.69) is 10.1 Å². The fraction of sp³-hybridized carbons (Fsp3) is 0.290. The van der Waals surface area contributed by atoms with Crippen molar-refractivity contribution in [2.24, 2.45) is 5.73 Å². The highest BCUT2D eigenvalue weighted by Crippen LogP contribution is 2.39. The predicted octanol–water partition coefficient (Wildman–Crippen LogP) is 6.85. The normalized spacial score (nSPS) is 18.6. The van der Waals surface area contributed by atoms with Crippen molar-refractivity contribution in [3.05, 3.63) is 83.2 Å². The number of halogens is 3. The van der Waals surface area contributed by atoms with Gasteiger partial charge >= 0.3 is 6.61 Å². The van der Waals surface area contributed by atoms with E-state index in [-0.39, 0.29) is 17.2 Å². The van der Waals surface area contributed by atoms with Gasteiger partial charge in [-0.15, -0.1) is 0 Å². The third-order valence-electron chi connectivity index (χ3n) is 7.29. The van der Waals surface area contributed by atoms with Crippen LogP contribution < -0.4 is 11.1 Å². The Bertz CT molecular complexity index is 1570. The zero-order chi connectivity index (χ0) is 28.6. The Morgan fingerprint density at radius 2 is 1.82 bits per heavy atom. The molecule has 1 aromatic heterocycles. The third-order valence-corrected chi connectivity index (χ3v) is 7.29. The molecule has 2 amide bonds. The predicted molar refractivity (Wildman–Crippen MR) is 146 cm³/mol. The van der Waals surface area contributed by atoms with Crippen LogP contribution in [0.5, 0.6) is 0 Å². The summed E-state index contributed by atoms with van der Waals surface area (Å²) >= 11 is 0. The number of hydrogen-bond donors (Lipinski definition) is 2. The molecule has 1 heterocycles. The highest BCUT2D eigenvalue weighted by atomic mass is 19.3. The van der Waals surface area contributed by atoms with E-state index in [1.807, 2.05) is 25.1 Å². The lowest BCUT2D eigenvalue weighted by atomic mass is 9.75. The molecule has 4 aromatic rings. The number of nitrogens with one attached hydrogen (secondary N) is 1. The molecule has 0 aliphatic heterocycles. The highest BCUT2D eigenvalue weighted by Gasteiger charge is 2.43. The van der Waals surface area contributed by atoms with Gasteiger partial charge in [-0.3, -0.25) is 9.59 Å². The molecule has 0 unspecified atom stereocenters. The summed E-state index contributed by atoms with van der Waals surface area (Å²) in [5.41, 5.74) is 9.29. The number of carbonyl (C=O) groups is 2. The molecule has 5 rings (SSSR count). The average molecular weight is 551 g/mol. The Balaban J connectivity index is 1.51. The zero-order valence-corrected chi connectivity index (χ0v) is 22.1. The molecule has 6 nitrogen and oxygen atoms in total. The minimum Gasteiger partial charge on any atom is -0.455 e. The van der Waals surface area contributed by atoms with Gasteiger partial charge in [-0.2, -0.15) is 8.78 Å². The molecule has 3 N–H and O–H groups in total. The molecule has 0 radical (unpaired) electrons. The maximum atomic E-state index is 13.5. The number of ether oxygens (including phenoxy) is 1. The summed E-state index contributed by atoms with van der Waals surface area (Å²) < 4.78 is 49.1. The number of furan rings is 1. The summed E-state index contributed by atoms with van der Waals surface area (Å²) in [7, 11) is 0. The van der Waals surface area contributed by atoms with Crippen LogP contribution >= 0.6 is 0 Å². The van der Waals surface area contributed by atoms with Gasteiger partial charge in [0.15, 0.2) is 0 Å². The van der Waals surface area contributed by atoms with Gasteiger partial charge in [0.1, 0.15) is 17.2 Å². The number of benzene rings is 3. The number of aryl methyl sites for hydroxylation is 1. The summed E-state index contributed by atoms with van der Waals surface area (Å²) in [5, 5.41) is 3.46. The van der Waals surface area contributed by atoms with Crippen LogP contribution in [0.2, 0.25) is 0 Å². The van der Waals surface area contributed by atoms with Gasteiger partial charge in [0.25, 0.3) is 11.8 Å². The minimum atomic E-state index is -2.84. The molecule has 0 spiro atoms. The third kappa shape index (κ3) is 5.47. The Hall–Kier alpha value is -4.11. The fourth-order valence-electron chi connectivity index (χ4n) is 5.44. The van der Waals surface area contributed by atoms with Crippen molar-refractivity contribution in [3.8, 4) is 22.5 Å². The maximum Gasteiger partial charge on any atom is 0.345 e. The standard InChI is InChI=1S/C31H29F3N2O4/c1-3-5-18-13-25-24(26(28(35)37)27(40-25)17-8-10-21(32)11-9-17)14-23(18)19-6-4-7-20(12-19)29(38)36-31(2)15-22(16-31)39-30(33)34/h4,6-14,22,30H,3,5,15-16H2,1-2H3,(H2,35,37)(H,36,38). The van der Waals surface area contributed by atoms with Crippen LogP contribution in [0.4, 0.5) is 13.2 Å². The van der Waals surface area contributed by atoms with Crippen molar-refractivity contribution in [2.75, 3.05) is 0 Å². The van der Waals surface area contributed by atoms with Crippen LogP contribution in [0.15, 0.2) is 65.1 Å². The monoisotopic (exact) mass is 550 g/mol. The van der Waals surface area contributed by atoms with Crippen LogP contribution in [-0.4, -0.2) is 30.1 Å². The van der Waals surface area contributed by atoms with Gasteiger partial charge in [-0.05, 0) is 91.4 Å². The van der Waals surface area contributed by atoms with Gasteiger partial charge in [0.05, 0.1) is 11.7 Å². The van der Waals surface area contributed by atoms with Crippen LogP contribution in [-0.2, 0) is 11.2 Å². The van der Waals surface area contributed by atoms with Gasteiger partial charge in [-0.25, -0.2) is 4.39 Å². The van der Waals surface area contributed by atoms with E-state index in [1.54, 1.807) is 25.1 Å². The van der Waals surface area contributed by atoms with E-state index in [4.69, 9.17) is 10.2 Å². The van der Waals surface area contributed by atoms with Crippen LogP contribution in [0, 0.1) is 5.82 Å². The molecule has 0 saturated heterocycles. The number of amides is 2. The van der Waals surface area contributed by atoms with Crippen molar-refractivity contribution >= 4 is 22.8 Å². The van der Waals surface area contributed by atoms with E-state index in [0.29, 0.717) is 41.4 Å². The van der Waals surface area contributed by atoms with E-state index < -0.39 is 30.0 Å². The lowest BCUT2D eigenvalue weighted by Crippen LogP contribution is -2.58. The summed E-state index contributed by atoms with van der Waals surface area (Å²) in [5.74, 6) is -1.15. The SMILES string of the molecule is CCCc1cc2oc(-c3ccc(F)cc3)c(C(N)=O)c2cc1-c1cccc(C(=O)NC2(C)CC(OC(F)F)C2)c1. The average Bonchev–Trinajstić information content (AvgIpc) is 3.26. The van der Waals surface area contributed by atoms with Gasteiger partial charge in [0, 0.05) is 22.1 Å². The first kappa shape index (κ1) is 27.5. The number of hydrogen-bond acceptors (Lipinski definition) is 4. The van der Waals surface area contributed by atoms with Gasteiger partial charge < -0.3 is 20.2 Å². The minimum absolute atomic E-state index is 0.193. The first-order chi connectivity index (χ1) is 19.1. The molecular formula is C31H29F3N2O4.